The van der Waals surface area contributed by atoms with Gasteiger partial charge in [0, 0.05) is 25.9 Å². The Morgan fingerprint density at radius 1 is 1.12 bits per heavy atom. The lowest BCUT2D eigenvalue weighted by Crippen LogP contribution is -2.38. The van der Waals surface area contributed by atoms with E-state index < -0.39 is 0 Å². The van der Waals surface area contributed by atoms with Gasteiger partial charge in [-0.1, -0.05) is 6.42 Å². The minimum Gasteiger partial charge on any atom is -0.486 e. The number of fused-ring (bicyclic) bond motifs is 2. The van der Waals surface area contributed by atoms with Crippen LogP contribution in [-0.2, 0) is 9.47 Å². The van der Waals surface area contributed by atoms with Crippen LogP contribution in [0.1, 0.15) is 31.4 Å². The largest absolute Gasteiger partial charge is 0.486 e. The van der Waals surface area contributed by atoms with Gasteiger partial charge in [0.25, 0.3) is 0 Å². The van der Waals surface area contributed by atoms with Gasteiger partial charge < -0.3 is 23.8 Å². The Morgan fingerprint density at radius 2 is 2.00 bits per heavy atom. The van der Waals surface area contributed by atoms with Crippen molar-refractivity contribution in [1.82, 2.24) is 4.98 Å². The van der Waals surface area contributed by atoms with E-state index in [1.165, 1.54) is 0 Å². The summed E-state index contributed by atoms with van der Waals surface area (Å²) in [6.07, 6.45) is 9.31. The molecule has 0 N–H and O–H groups in total. The zero-order valence-electron chi connectivity index (χ0n) is 18.8. The van der Waals surface area contributed by atoms with Crippen molar-refractivity contribution in [3.63, 3.8) is 0 Å². The molecule has 174 valence electrons. The third kappa shape index (κ3) is 4.61. The van der Waals surface area contributed by atoms with Crippen LogP contribution in [0.4, 0.5) is 16.2 Å². The van der Waals surface area contributed by atoms with E-state index in [1.807, 2.05) is 42.6 Å². The molecule has 3 aliphatic heterocycles. The van der Waals surface area contributed by atoms with Gasteiger partial charge in [0.2, 0.25) is 0 Å². The fraction of sp³-hybridized carbons (Fsp3) is 0.440. The van der Waals surface area contributed by atoms with Crippen LogP contribution in [0.3, 0.4) is 0 Å². The second-order valence-electron chi connectivity index (χ2n) is 8.38. The lowest BCUT2D eigenvalue weighted by Gasteiger charge is -2.34. The van der Waals surface area contributed by atoms with Crippen molar-refractivity contribution in [3.05, 3.63) is 48.3 Å². The van der Waals surface area contributed by atoms with Crippen molar-refractivity contribution in [2.45, 2.75) is 38.0 Å². The van der Waals surface area contributed by atoms with Gasteiger partial charge in [0.05, 0.1) is 23.6 Å². The fourth-order valence-electron chi connectivity index (χ4n) is 4.56. The molecule has 0 aliphatic carbocycles. The quantitative estimate of drug-likeness (QED) is 0.556. The number of unbranched alkanes of at least 4 members (excludes halogenated alkanes) is 2. The first kappa shape index (κ1) is 21.6. The molecule has 0 saturated carbocycles. The van der Waals surface area contributed by atoms with E-state index in [0.717, 1.165) is 49.3 Å². The van der Waals surface area contributed by atoms with Gasteiger partial charge in [0.1, 0.15) is 25.5 Å². The number of aromatic nitrogens is 1. The Balaban J connectivity index is 1.10. The first-order valence-corrected chi connectivity index (χ1v) is 11.5. The van der Waals surface area contributed by atoms with Gasteiger partial charge in [0.15, 0.2) is 11.5 Å². The molecule has 1 aromatic heterocycles. The lowest BCUT2D eigenvalue weighted by molar-refractivity contribution is 0.132. The van der Waals surface area contributed by atoms with Crippen molar-refractivity contribution in [2.24, 2.45) is 0 Å². The molecule has 3 aliphatic rings. The van der Waals surface area contributed by atoms with Crippen LogP contribution in [0.5, 0.6) is 11.5 Å². The van der Waals surface area contributed by atoms with Crippen molar-refractivity contribution >= 4 is 23.5 Å². The van der Waals surface area contributed by atoms with Crippen LogP contribution in [-0.4, -0.2) is 56.8 Å². The Bertz CT molecular complexity index is 1030. The minimum atomic E-state index is -0.302. The van der Waals surface area contributed by atoms with Crippen molar-refractivity contribution in [1.29, 1.82) is 0 Å². The summed E-state index contributed by atoms with van der Waals surface area (Å²) >= 11 is 0. The Hall–Kier alpha value is -3.26. The number of carbonyl (C=O) groups excluding carboxylic acids is 1. The summed E-state index contributed by atoms with van der Waals surface area (Å²) in [6, 6.07) is 9.62. The van der Waals surface area contributed by atoms with Gasteiger partial charge in [-0.2, -0.15) is 0 Å². The average Bonchev–Trinajstić information content (AvgIpc) is 3.23. The second-order valence-corrected chi connectivity index (χ2v) is 8.38. The van der Waals surface area contributed by atoms with E-state index >= 15 is 0 Å². The highest BCUT2D eigenvalue weighted by molar-refractivity contribution is 5.90. The van der Waals surface area contributed by atoms with E-state index in [-0.39, 0.29) is 18.4 Å². The summed E-state index contributed by atoms with van der Waals surface area (Å²) in [5.74, 6) is 1.39. The van der Waals surface area contributed by atoms with Crippen LogP contribution in [0.2, 0.25) is 0 Å². The summed E-state index contributed by atoms with van der Waals surface area (Å²) in [5.41, 5.74) is 2.86. The molecule has 33 heavy (non-hydrogen) atoms. The summed E-state index contributed by atoms with van der Waals surface area (Å²) in [5, 5.41) is 0. The molecule has 1 aromatic carbocycles. The highest BCUT2D eigenvalue weighted by Crippen LogP contribution is 2.35. The van der Waals surface area contributed by atoms with Gasteiger partial charge in [-0.15, -0.1) is 0 Å². The topological polar surface area (TPSA) is 73.4 Å². The SMILES string of the molecule is COC1C=Cc2ncccc2N1CCCCC[C@H]1CN(c2ccc3c(c2)OCCO3)C(=O)O1. The third-order valence-electron chi connectivity index (χ3n) is 6.23. The van der Waals surface area contributed by atoms with Crippen molar-refractivity contribution in [3.8, 4) is 11.5 Å². The number of cyclic esters (lactones) is 1. The number of methoxy groups -OCH3 is 1. The zero-order chi connectivity index (χ0) is 22.6. The molecule has 1 amide bonds. The zero-order valence-corrected chi connectivity index (χ0v) is 18.8. The Kier molecular flexibility index (Phi) is 6.35. The molecule has 0 spiro atoms. The number of hydrogen-bond acceptors (Lipinski definition) is 7. The molecule has 8 heteroatoms. The maximum Gasteiger partial charge on any atom is 0.414 e. The maximum atomic E-state index is 12.4. The van der Waals surface area contributed by atoms with E-state index in [9.17, 15) is 4.79 Å². The Labute approximate surface area is 193 Å². The smallest absolute Gasteiger partial charge is 0.414 e. The molecule has 2 atom stereocenters. The van der Waals surface area contributed by atoms with Crippen LogP contribution >= 0.6 is 0 Å². The van der Waals surface area contributed by atoms with Crippen molar-refractivity contribution in [2.75, 3.05) is 43.2 Å². The van der Waals surface area contributed by atoms with Gasteiger partial charge in [-0.3, -0.25) is 9.88 Å². The first-order valence-electron chi connectivity index (χ1n) is 11.5. The predicted molar refractivity (Wildman–Crippen MR) is 125 cm³/mol. The molecule has 1 unspecified atom stereocenters. The van der Waals surface area contributed by atoms with E-state index in [1.54, 1.807) is 12.0 Å². The van der Waals surface area contributed by atoms with Crippen LogP contribution < -0.4 is 19.3 Å². The maximum absolute atomic E-state index is 12.4. The number of anilines is 2. The molecule has 1 fully saturated rings. The number of hydrogen-bond donors (Lipinski definition) is 0. The highest BCUT2D eigenvalue weighted by atomic mass is 16.6. The first-order chi connectivity index (χ1) is 16.2. The molecular weight excluding hydrogens is 422 g/mol. The molecule has 0 radical (unpaired) electrons. The van der Waals surface area contributed by atoms with Gasteiger partial charge in [-0.05, 0) is 55.7 Å². The van der Waals surface area contributed by atoms with E-state index in [4.69, 9.17) is 18.9 Å². The summed E-state index contributed by atoms with van der Waals surface area (Å²) < 4.78 is 22.5. The number of ether oxygens (including phenoxy) is 4. The fourth-order valence-corrected chi connectivity index (χ4v) is 4.56. The number of nitrogens with zero attached hydrogens (tertiary/aromatic N) is 3. The molecule has 0 bridgehead atoms. The third-order valence-corrected chi connectivity index (χ3v) is 6.23. The molecule has 1 saturated heterocycles. The highest BCUT2D eigenvalue weighted by Gasteiger charge is 2.32. The molecule has 8 nitrogen and oxygen atoms in total. The van der Waals surface area contributed by atoms with Crippen LogP contribution in [0, 0.1) is 0 Å². The number of rotatable bonds is 8. The Morgan fingerprint density at radius 3 is 2.88 bits per heavy atom. The normalized spacial score (nSPS) is 21.2. The standard InChI is InChI=1S/C25H29N3O5/c1-30-24-11-9-20-21(7-5-12-26-20)27(24)13-4-2-3-6-19-17-28(25(29)33-19)18-8-10-22-23(16-18)32-15-14-31-22/h5,7-12,16,19,24H,2-4,6,13-15,17H2,1H3/t19-,24?/m0/s1. The number of benzene rings is 1. The number of carbonyl (C=O) groups is 1. The monoisotopic (exact) mass is 451 g/mol. The number of pyridine rings is 1. The molecule has 5 rings (SSSR count). The van der Waals surface area contributed by atoms with Gasteiger partial charge in [-0.25, -0.2) is 4.79 Å². The minimum absolute atomic E-state index is 0.0722. The van der Waals surface area contributed by atoms with E-state index in [0.29, 0.717) is 31.3 Å². The summed E-state index contributed by atoms with van der Waals surface area (Å²) in [7, 11) is 1.73. The van der Waals surface area contributed by atoms with Gasteiger partial charge >= 0.3 is 6.09 Å². The van der Waals surface area contributed by atoms with E-state index in [2.05, 4.69) is 16.0 Å². The summed E-state index contributed by atoms with van der Waals surface area (Å²) in [6.45, 7) is 2.50. The number of amides is 1. The second kappa shape index (κ2) is 9.70. The predicted octanol–water partition coefficient (Wildman–Crippen LogP) is 4.24. The van der Waals surface area contributed by atoms with Crippen LogP contribution in [0.15, 0.2) is 42.6 Å². The molecule has 4 heterocycles. The van der Waals surface area contributed by atoms with Crippen molar-refractivity contribution < 1.29 is 23.7 Å². The lowest BCUT2D eigenvalue weighted by atomic mass is 10.1. The summed E-state index contributed by atoms with van der Waals surface area (Å²) in [4.78, 5) is 20.8. The molecular formula is C25H29N3O5. The van der Waals surface area contributed by atoms with Crippen LogP contribution in [0.25, 0.3) is 6.08 Å². The molecule has 2 aromatic rings. The average molecular weight is 452 g/mol.